The van der Waals surface area contributed by atoms with Crippen LogP contribution in [0, 0.1) is 6.92 Å². The summed E-state index contributed by atoms with van der Waals surface area (Å²) in [6.45, 7) is 1.47. The molecule has 0 amide bonds. The first-order valence-corrected chi connectivity index (χ1v) is 9.81. The van der Waals surface area contributed by atoms with E-state index in [0.29, 0.717) is 11.3 Å². The minimum atomic E-state index is -3.94. The van der Waals surface area contributed by atoms with Crippen molar-refractivity contribution < 1.29 is 16.8 Å². The van der Waals surface area contributed by atoms with Gasteiger partial charge in [-0.05, 0) is 25.1 Å². The Labute approximate surface area is 125 Å². The van der Waals surface area contributed by atoms with Crippen molar-refractivity contribution in [2.24, 2.45) is 0 Å². The van der Waals surface area contributed by atoms with E-state index in [4.69, 9.17) is 0 Å². The van der Waals surface area contributed by atoms with Crippen LogP contribution in [0.1, 0.15) is 5.69 Å². The summed E-state index contributed by atoms with van der Waals surface area (Å²) in [5.74, 6) is 0. The van der Waals surface area contributed by atoms with E-state index in [9.17, 15) is 21.6 Å². The number of rotatable bonds is 4. The van der Waals surface area contributed by atoms with Gasteiger partial charge in [0.15, 0.2) is 14.0 Å². The molecule has 114 valence electrons. The summed E-state index contributed by atoms with van der Waals surface area (Å²) in [5.41, 5.74) is 0.343. The first-order valence-electron chi connectivity index (χ1n) is 5.62. The van der Waals surface area contributed by atoms with E-state index < -0.39 is 24.7 Å². The summed E-state index contributed by atoms with van der Waals surface area (Å²) in [4.78, 5) is 13.1. The fourth-order valence-corrected chi connectivity index (χ4v) is 4.66. The third-order valence-electron chi connectivity index (χ3n) is 2.54. The molecule has 0 aliphatic heterocycles. The molecule has 0 atom stereocenters. The van der Waals surface area contributed by atoms with Crippen LogP contribution in [0.4, 0.5) is 5.69 Å². The van der Waals surface area contributed by atoms with Gasteiger partial charge >= 0.3 is 4.87 Å². The van der Waals surface area contributed by atoms with Crippen LogP contribution in [0.25, 0.3) is 0 Å². The molecule has 2 N–H and O–H groups in total. The molecule has 1 aromatic carbocycles. The highest BCUT2D eigenvalue weighted by Gasteiger charge is 2.21. The maximum Gasteiger partial charge on any atom is 0.306 e. The topological polar surface area (TPSA) is 113 Å². The number of aryl methyl sites for hydroxylation is 1. The first kappa shape index (κ1) is 15.7. The van der Waals surface area contributed by atoms with Gasteiger partial charge in [-0.15, -0.1) is 0 Å². The highest BCUT2D eigenvalue weighted by Crippen LogP contribution is 2.22. The number of aromatic nitrogens is 1. The molecule has 0 spiro atoms. The average Bonchev–Trinajstić information content (AvgIpc) is 2.68. The zero-order valence-electron chi connectivity index (χ0n) is 11.1. The van der Waals surface area contributed by atoms with Crippen molar-refractivity contribution in [3.05, 3.63) is 39.6 Å². The average molecular weight is 348 g/mol. The number of hydrogen-bond donors (Lipinski definition) is 2. The van der Waals surface area contributed by atoms with Crippen molar-refractivity contribution >= 4 is 36.9 Å². The zero-order chi connectivity index (χ0) is 15.8. The predicted octanol–water partition coefficient (Wildman–Crippen LogP) is 0.949. The summed E-state index contributed by atoms with van der Waals surface area (Å²) in [7, 11) is -7.38. The fraction of sp³-hybridized carbons (Fsp3) is 0.182. The van der Waals surface area contributed by atoms with E-state index in [1.165, 1.54) is 31.2 Å². The van der Waals surface area contributed by atoms with Gasteiger partial charge in [-0.2, -0.15) is 0 Å². The van der Waals surface area contributed by atoms with Crippen molar-refractivity contribution in [1.82, 2.24) is 4.98 Å². The second kappa shape index (κ2) is 5.28. The number of H-pyrrole nitrogens is 1. The van der Waals surface area contributed by atoms with E-state index >= 15 is 0 Å². The molecular weight excluding hydrogens is 336 g/mol. The van der Waals surface area contributed by atoms with Gasteiger partial charge < -0.3 is 4.98 Å². The van der Waals surface area contributed by atoms with E-state index in [0.717, 1.165) is 6.26 Å². The molecule has 0 radical (unpaired) electrons. The van der Waals surface area contributed by atoms with E-state index in [2.05, 4.69) is 9.71 Å². The Bertz CT molecular complexity index is 938. The molecule has 7 nitrogen and oxygen atoms in total. The van der Waals surface area contributed by atoms with Crippen molar-refractivity contribution in [3.8, 4) is 0 Å². The molecule has 0 aliphatic carbocycles. The lowest BCUT2D eigenvalue weighted by Crippen LogP contribution is -2.13. The molecule has 1 heterocycles. The number of sulfone groups is 1. The number of sulfonamides is 1. The molecule has 0 bridgehead atoms. The monoisotopic (exact) mass is 348 g/mol. The third kappa shape index (κ3) is 3.52. The van der Waals surface area contributed by atoms with Gasteiger partial charge in [-0.25, -0.2) is 16.8 Å². The van der Waals surface area contributed by atoms with Gasteiger partial charge in [0, 0.05) is 11.9 Å². The van der Waals surface area contributed by atoms with E-state index in [1.807, 2.05) is 0 Å². The minimum absolute atomic E-state index is 0.00155. The Morgan fingerprint density at radius 2 is 1.86 bits per heavy atom. The van der Waals surface area contributed by atoms with E-state index in [-0.39, 0.29) is 20.5 Å². The largest absolute Gasteiger partial charge is 0.315 e. The highest BCUT2D eigenvalue weighted by molar-refractivity contribution is 7.94. The standard InChI is InChI=1S/C11H12N2O5S3/c1-7-10(19-11(14)12-7)21(17,18)13-8-4-3-5-9(6-8)20(2,15)16/h3-6,13H,1-2H3,(H,12,14). The van der Waals surface area contributed by atoms with Crippen molar-refractivity contribution in [1.29, 1.82) is 0 Å². The van der Waals surface area contributed by atoms with Gasteiger partial charge in [-0.3, -0.25) is 9.52 Å². The lowest BCUT2D eigenvalue weighted by atomic mass is 10.3. The van der Waals surface area contributed by atoms with Crippen LogP contribution in [-0.2, 0) is 19.9 Å². The van der Waals surface area contributed by atoms with Gasteiger partial charge in [0.05, 0.1) is 10.6 Å². The van der Waals surface area contributed by atoms with Crippen molar-refractivity contribution in [3.63, 3.8) is 0 Å². The number of anilines is 1. The molecular formula is C11H12N2O5S3. The Hall–Kier alpha value is -1.65. The maximum atomic E-state index is 12.2. The van der Waals surface area contributed by atoms with Crippen molar-refractivity contribution in [2.75, 3.05) is 11.0 Å². The molecule has 2 aromatic rings. The quantitative estimate of drug-likeness (QED) is 0.854. The number of hydrogen-bond acceptors (Lipinski definition) is 6. The van der Waals surface area contributed by atoms with Crippen LogP contribution in [-0.4, -0.2) is 28.1 Å². The lowest BCUT2D eigenvalue weighted by Gasteiger charge is -2.08. The molecule has 0 unspecified atom stereocenters. The molecule has 2 rings (SSSR count). The molecule has 10 heteroatoms. The predicted molar refractivity (Wildman–Crippen MR) is 80.0 cm³/mol. The summed E-state index contributed by atoms with van der Waals surface area (Å²) < 4.78 is 49.4. The van der Waals surface area contributed by atoms with Gasteiger partial charge in [0.25, 0.3) is 10.0 Å². The summed E-state index contributed by atoms with van der Waals surface area (Å²) >= 11 is 0.570. The molecule has 0 saturated heterocycles. The summed E-state index contributed by atoms with van der Waals surface area (Å²) in [6.07, 6.45) is 1.03. The normalized spacial score (nSPS) is 12.3. The maximum absolute atomic E-state index is 12.2. The third-order valence-corrected chi connectivity index (χ3v) is 6.64. The highest BCUT2D eigenvalue weighted by atomic mass is 32.2. The van der Waals surface area contributed by atoms with Gasteiger partial charge in [-0.1, -0.05) is 17.4 Å². The molecule has 21 heavy (non-hydrogen) atoms. The number of benzene rings is 1. The SMILES string of the molecule is Cc1[nH]c(=O)sc1S(=O)(=O)Nc1cccc(S(C)(=O)=O)c1. The smallest absolute Gasteiger partial charge is 0.306 e. The van der Waals surface area contributed by atoms with Crippen LogP contribution in [0.15, 0.2) is 38.2 Å². The lowest BCUT2D eigenvalue weighted by molar-refractivity contribution is 0.599. The zero-order valence-corrected chi connectivity index (χ0v) is 13.5. The van der Waals surface area contributed by atoms with Crippen LogP contribution in [0.3, 0.4) is 0 Å². The Kier molecular flexibility index (Phi) is 3.95. The van der Waals surface area contributed by atoms with Crippen LogP contribution < -0.4 is 9.60 Å². The van der Waals surface area contributed by atoms with Gasteiger partial charge in [0.2, 0.25) is 0 Å². The first-order chi connectivity index (χ1) is 9.59. The Morgan fingerprint density at radius 3 is 2.38 bits per heavy atom. The molecule has 0 fully saturated rings. The number of thiazole rings is 1. The summed E-state index contributed by atoms with van der Waals surface area (Å²) in [6, 6.07) is 5.45. The fourth-order valence-electron chi connectivity index (χ4n) is 1.64. The number of aromatic amines is 1. The molecule has 0 aliphatic rings. The van der Waals surface area contributed by atoms with Crippen LogP contribution in [0.2, 0.25) is 0 Å². The summed E-state index contributed by atoms with van der Waals surface area (Å²) in [5, 5.41) is 0. The second-order valence-electron chi connectivity index (χ2n) is 4.33. The van der Waals surface area contributed by atoms with Crippen molar-refractivity contribution in [2.45, 2.75) is 16.0 Å². The van der Waals surface area contributed by atoms with Crippen LogP contribution in [0.5, 0.6) is 0 Å². The molecule has 1 aromatic heterocycles. The number of nitrogens with one attached hydrogen (secondary N) is 2. The molecule has 0 saturated carbocycles. The minimum Gasteiger partial charge on any atom is -0.315 e. The second-order valence-corrected chi connectivity index (χ2v) is 9.21. The van der Waals surface area contributed by atoms with E-state index in [1.54, 1.807) is 0 Å². The van der Waals surface area contributed by atoms with Gasteiger partial charge in [0.1, 0.15) is 0 Å². The Morgan fingerprint density at radius 1 is 1.19 bits per heavy atom. The Balaban J connectivity index is 2.42. The van der Waals surface area contributed by atoms with Crippen LogP contribution >= 0.6 is 11.3 Å².